The van der Waals surface area contributed by atoms with Gasteiger partial charge in [0, 0.05) is 6.92 Å². The van der Waals surface area contributed by atoms with E-state index in [2.05, 4.69) is 10.2 Å². The van der Waals surface area contributed by atoms with E-state index in [-0.39, 0.29) is 0 Å². The summed E-state index contributed by atoms with van der Waals surface area (Å²) in [7, 11) is 0. The van der Waals surface area contributed by atoms with E-state index < -0.39 is 6.10 Å². The average molecular weight is 396 g/mol. The predicted octanol–water partition coefficient (Wildman–Crippen LogP) is 5.02. The van der Waals surface area contributed by atoms with Crippen LogP contribution in [0.4, 0.5) is 0 Å². The molecule has 0 saturated carbocycles. The summed E-state index contributed by atoms with van der Waals surface area (Å²) in [6, 6.07) is 17.8. The SMILES string of the molecule is Cc1nnc(C(O)CCCCCCOc2ccc(OCc3ccccc3)cc2)o1. The Labute approximate surface area is 171 Å². The Bertz CT molecular complexity index is 834. The molecule has 6 nitrogen and oxygen atoms in total. The highest BCUT2D eigenvalue weighted by Crippen LogP contribution is 2.20. The molecule has 2 aromatic carbocycles. The zero-order valence-corrected chi connectivity index (χ0v) is 16.8. The maximum Gasteiger partial charge on any atom is 0.244 e. The molecule has 0 aliphatic rings. The zero-order valence-electron chi connectivity index (χ0n) is 16.8. The van der Waals surface area contributed by atoms with Gasteiger partial charge in [-0.1, -0.05) is 49.6 Å². The summed E-state index contributed by atoms with van der Waals surface area (Å²) in [5, 5.41) is 17.6. The van der Waals surface area contributed by atoms with Crippen molar-refractivity contribution in [3.05, 3.63) is 71.9 Å². The Kier molecular flexibility index (Phi) is 8.07. The number of ether oxygens (including phenoxy) is 2. The molecule has 1 N–H and O–H groups in total. The average Bonchev–Trinajstić information content (AvgIpc) is 3.19. The standard InChI is InChI=1S/C23H28N2O4/c1-18-24-25-23(29-18)22(26)11-7-2-3-8-16-27-20-12-14-21(15-13-20)28-17-19-9-5-4-6-10-19/h4-6,9-10,12-15,22,26H,2-3,7-8,11,16-17H2,1H3. The lowest BCUT2D eigenvalue weighted by Crippen LogP contribution is -2.00. The van der Waals surface area contributed by atoms with Crippen molar-refractivity contribution in [3.8, 4) is 11.5 Å². The Morgan fingerprint density at radius 2 is 1.55 bits per heavy atom. The molecule has 0 amide bonds. The third kappa shape index (κ3) is 7.23. The molecule has 3 aromatic rings. The van der Waals surface area contributed by atoms with Gasteiger partial charge >= 0.3 is 0 Å². The molecule has 1 atom stereocenters. The topological polar surface area (TPSA) is 77.6 Å². The number of benzene rings is 2. The van der Waals surface area contributed by atoms with Gasteiger partial charge in [-0.25, -0.2) is 0 Å². The second-order valence-corrected chi connectivity index (χ2v) is 6.97. The molecular formula is C23H28N2O4. The van der Waals surface area contributed by atoms with Crippen LogP contribution in [-0.4, -0.2) is 21.9 Å². The van der Waals surface area contributed by atoms with E-state index in [1.807, 2.05) is 54.6 Å². The largest absolute Gasteiger partial charge is 0.494 e. The van der Waals surface area contributed by atoms with E-state index in [1.54, 1.807) is 6.92 Å². The van der Waals surface area contributed by atoms with Crippen LogP contribution in [0, 0.1) is 6.92 Å². The van der Waals surface area contributed by atoms with E-state index in [0.717, 1.165) is 42.7 Å². The summed E-state index contributed by atoms with van der Waals surface area (Å²) >= 11 is 0. The number of hydrogen-bond donors (Lipinski definition) is 1. The van der Waals surface area contributed by atoms with Gasteiger partial charge in [-0.15, -0.1) is 10.2 Å². The minimum atomic E-state index is -0.671. The number of hydrogen-bond acceptors (Lipinski definition) is 6. The molecule has 0 saturated heterocycles. The molecular weight excluding hydrogens is 368 g/mol. The van der Waals surface area contributed by atoms with Crippen LogP contribution in [0.1, 0.15) is 55.6 Å². The number of rotatable bonds is 12. The van der Waals surface area contributed by atoms with Gasteiger partial charge in [0.2, 0.25) is 11.8 Å². The van der Waals surface area contributed by atoms with Gasteiger partial charge in [-0.3, -0.25) is 0 Å². The summed E-state index contributed by atoms with van der Waals surface area (Å²) < 4.78 is 16.8. The molecule has 3 rings (SSSR count). The van der Waals surface area contributed by atoms with Gasteiger partial charge < -0.3 is 19.0 Å². The predicted molar refractivity (Wildman–Crippen MR) is 110 cm³/mol. The van der Waals surface area contributed by atoms with E-state index in [0.29, 0.717) is 31.4 Å². The maximum atomic E-state index is 9.98. The molecule has 1 aromatic heterocycles. The van der Waals surface area contributed by atoms with Crippen molar-refractivity contribution in [1.82, 2.24) is 10.2 Å². The summed E-state index contributed by atoms with van der Waals surface area (Å²) in [6.07, 6.45) is 3.92. The van der Waals surface area contributed by atoms with Crippen LogP contribution in [0.3, 0.4) is 0 Å². The summed E-state index contributed by atoms with van der Waals surface area (Å²) in [5.41, 5.74) is 1.15. The Hall–Kier alpha value is -2.86. The molecule has 29 heavy (non-hydrogen) atoms. The fourth-order valence-corrected chi connectivity index (χ4v) is 2.93. The normalized spacial score (nSPS) is 11.9. The van der Waals surface area contributed by atoms with Crippen LogP contribution in [0.15, 0.2) is 59.0 Å². The molecule has 154 valence electrons. The van der Waals surface area contributed by atoms with Crippen LogP contribution in [0.2, 0.25) is 0 Å². The Morgan fingerprint density at radius 1 is 0.862 bits per heavy atom. The van der Waals surface area contributed by atoms with Gasteiger partial charge in [0.05, 0.1) is 6.61 Å². The maximum absolute atomic E-state index is 9.98. The first-order valence-electron chi connectivity index (χ1n) is 10.1. The highest BCUT2D eigenvalue weighted by Gasteiger charge is 2.13. The van der Waals surface area contributed by atoms with Gasteiger partial charge in [-0.2, -0.15) is 0 Å². The Balaban J connectivity index is 1.25. The van der Waals surface area contributed by atoms with Crippen molar-refractivity contribution in [2.75, 3.05) is 6.61 Å². The first-order valence-corrected chi connectivity index (χ1v) is 10.1. The molecule has 0 aliphatic carbocycles. The monoisotopic (exact) mass is 396 g/mol. The van der Waals surface area contributed by atoms with E-state index in [1.165, 1.54) is 0 Å². The summed E-state index contributed by atoms with van der Waals surface area (Å²) in [5.74, 6) is 2.46. The lowest BCUT2D eigenvalue weighted by Gasteiger charge is -2.09. The van der Waals surface area contributed by atoms with Crippen molar-refractivity contribution in [2.24, 2.45) is 0 Å². The van der Waals surface area contributed by atoms with Crippen LogP contribution in [-0.2, 0) is 6.61 Å². The smallest absolute Gasteiger partial charge is 0.244 e. The van der Waals surface area contributed by atoms with Crippen LogP contribution >= 0.6 is 0 Å². The van der Waals surface area contributed by atoms with Gasteiger partial charge in [0.15, 0.2) is 0 Å². The minimum absolute atomic E-state index is 0.307. The van der Waals surface area contributed by atoms with Crippen molar-refractivity contribution < 1.29 is 19.0 Å². The number of aromatic nitrogens is 2. The number of unbranched alkanes of at least 4 members (excludes halogenated alkanes) is 3. The first-order chi connectivity index (χ1) is 14.2. The molecule has 0 radical (unpaired) electrons. The molecule has 1 heterocycles. The first kappa shape index (κ1) is 20.9. The Morgan fingerprint density at radius 3 is 2.24 bits per heavy atom. The second kappa shape index (κ2) is 11.2. The molecule has 6 heteroatoms. The third-order valence-corrected chi connectivity index (χ3v) is 4.54. The number of nitrogens with zero attached hydrogens (tertiary/aromatic N) is 2. The lowest BCUT2D eigenvalue weighted by molar-refractivity contribution is 0.129. The van der Waals surface area contributed by atoms with Crippen LogP contribution < -0.4 is 9.47 Å². The fraction of sp³-hybridized carbons (Fsp3) is 0.391. The van der Waals surface area contributed by atoms with Gasteiger partial charge in [-0.05, 0) is 42.7 Å². The summed E-state index contributed by atoms with van der Waals surface area (Å²) in [4.78, 5) is 0. The number of aliphatic hydroxyl groups excluding tert-OH is 1. The molecule has 0 bridgehead atoms. The molecule has 0 aliphatic heterocycles. The van der Waals surface area contributed by atoms with Crippen molar-refractivity contribution >= 4 is 0 Å². The fourth-order valence-electron chi connectivity index (χ4n) is 2.93. The van der Waals surface area contributed by atoms with Crippen molar-refractivity contribution in [1.29, 1.82) is 0 Å². The van der Waals surface area contributed by atoms with Crippen LogP contribution in [0.5, 0.6) is 11.5 Å². The quantitative estimate of drug-likeness (QED) is 0.433. The third-order valence-electron chi connectivity index (χ3n) is 4.54. The lowest BCUT2D eigenvalue weighted by atomic mass is 10.1. The molecule has 1 unspecified atom stereocenters. The van der Waals surface area contributed by atoms with E-state index >= 15 is 0 Å². The molecule has 0 spiro atoms. The summed E-state index contributed by atoms with van der Waals surface area (Å²) in [6.45, 7) is 2.95. The highest BCUT2D eigenvalue weighted by molar-refractivity contribution is 5.31. The van der Waals surface area contributed by atoms with Crippen molar-refractivity contribution in [3.63, 3.8) is 0 Å². The molecule has 0 fully saturated rings. The number of aliphatic hydroxyl groups is 1. The van der Waals surface area contributed by atoms with Crippen molar-refractivity contribution in [2.45, 2.75) is 51.7 Å². The van der Waals surface area contributed by atoms with Crippen LogP contribution in [0.25, 0.3) is 0 Å². The highest BCUT2D eigenvalue weighted by atomic mass is 16.5. The van der Waals surface area contributed by atoms with Gasteiger partial charge in [0.25, 0.3) is 0 Å². The minimum Gasteiger partial charge on any atom is -0.494 e. The number of aryl methyl sites for hydroxylation is 1. The second-order valence-electron chi connectivity index (χ2n) is 6.97. The van der Waals surface area contributed by atoms with E-state index in [9.17, 15) is 5.11 Å². The zero-order chi connectivity index (χ0) is 20.3. The van der Waals surface area contributed by atoms with E-state index in [4.69, 9.17) is 13.9 Å². The van der Waals surface area contributed by atoms with Gasteiger partial charge in [0.1, 0.15) is 24.2 Å².